The lowest BCUT2D eigenvalue weighted by Crippen LogP contribution is -2.14. The van der Waals surface area contributed by atoms with Crippen LogP contribution in [0.15, 0.2) is 212 Å². The number of fused-ring (bicyclic) bond motifs is 9. The Morgan fingerprint density at radius 2 is 0.800 bits per heavy atom. The molecule has 3 heterocycles. The van der Waals surface area contributed by atoms with Crippen molar-refractivity contribution in [2.45, 2.75) is 19.3 Å². The van der Waals surface area contributed by atoms with Gasteiger partial charge in [-0.2, -0.15) is 0 Å². The van der Waals surface area contributed by atoms with E-state index in [-0.39, 0.29) is 5.41 Å². The summed E-state index contributed by atoms with van der Waals surface area (Å²) in [5, 5.41) is 4.91. The topological polar surface area (TPSA) is 48.5 Å². The van der Waals surface area contributed by atoms with Crippen molar-refractivity contribution in [3.8, 4) is 67.8 Å². The summed E-state index contributed by atoms with van der Waals surface area (Å²) in [5.41, 5.74) is 17.2. The monoisotopic (exact) mass is 831 g/mol. The molecule has 1 aliphatic rings. The van der Waals surface area contributed by atoms with Gasteiger partial charge in [-0.25, -0.2) is 15.0 Å². The maximum Gasteiger partial charge on any atom is 0.164 e. The van der Waals surface area contributed by atoms with Crippen LogP contribution in [0.4, 0.5) is 0 Å². The van der Waals surface area contributed by atoms with E-state index in [1.54, 1.807) is 0 Å². The first kappa shape index (κ1) is 37.2. The van der Waals surface area contributed by atoms with Gasteiger partial charge in [0.05, 0.1) is 22.1 Å². The van der Waals surface area contributed by atoms with Crippen molar-refractivity contribution in [1.29, 1.82) is 0 Å². The average molecular weight is 832 g/mol. The van der Waals surface area contributed by atoms with E-state index in [4.69, 9.17) is 15.0 Å². The highest BCUT2D eigenvalue weighted by molar-refractivity contribution is 6.14. The molecule has 0 radical (unpaired) electrons. The second kappa shape index (κ2) is 14.3. The van der Waals surface area contributed by atoms with Crippen LogP contribution < -0.4 is 0 Å². The number of benzene rings is 9. The summed E-state index contributed by atoms with van der Waals surface area (Å²) in [6.07, 6.45) is 0. The fraction of sp³-hybridized carbons (Fsp3) is 0.0500. The van der Waals surface area contributed by atoms with Gasteiger partial charge in [0.25, 0.3) is 0 Å². The molecule has 1 aliphatic carbocycles. The van der Waals surface area contributed by atoms with Gasteiger partial charge in [-0.15, -0.1) is 0 Å². The molecule has 0 saturated carbocycles. The number of para-hydroxylation sites is 2. The number of hydrogen-bond donors (Lipinski definition) is 0. The predicted octanol–water partition coefficient (Wildman–Crippen LogP) is 15.0. The lowest BCUT2D eigenvalue weighted by Gasteiger charge is -2.21. The minimum absolute atomic E-state index is 0.157. The molecule has 5 heteroatoms. The van der Waals surface area contributed by atoms with Crippen molar-refractivity contribution in [2.24, 2.45) is 0 Å². The summed E-state index contributed by atoms with van der Waals surface area (Å²) in [6, 6.07) is 76.1. The number of hydrogen-bond acceptors (Lipinski definition) is 3. The fourth-order valence-corrected chi connectivity index (χ4v) is 10.4. The Kier molecular flexibility index (Phi) is 8.18. The molecule has 306 valence electrons. The van der Waals surface area contributed by atoms with Crippen molar-refractivity contribution >= 4 is 43.6 Å². The van der Waals surface area contributed by atoms with Crippen LogP contribution in [-0.4, -0.2) is 24.1 Å². The van der Waals surface area contributed by atoms with Crippen LogP contribution in [0.5, 0.6) is 0 Å². The van der Waals surface area contributed by atoms with Crippen LogP contribution in [0, 0.1) is 0 Å². The van der Waals surface area contributed by atoms with Gasteiger partial charge in [-0.3, -0.25) is 0 Å². The largest absolute Gasteiger partial charge is 0.309 e. The van der Waals surface area contributed by atoms with E-state index in [1.165, 1.54) is 71.5 Å². The first-order valence-corrected chi connectivity index (χ1v) is 22.3. The summed E-state index contributed by atoms with van der Waals surface area (Å²) in [7, 11) is 0. The minimum atomic E-state index is -0.157. The lowest BCUT2D eigenvalue weighted by atomic mass is 9.82. The van der Waals surface area contributed by atoms with E-state index in [1.807, 2.05) is 36.4 Å². The molecule has 0 amide bonds. The van der Waals surface area contributed by atoms with Crippen LogP contribution >= 0.6 is 0 Å². The van der Waals surface area contributed by atoms with Crippen LogP contribution in [0.3, 0.4) is 0 Å². The van der Waals surface area contributed by atoms with E-state index in [2.05, 4.69) is 199 Å². The molecule has 12 aromatic rings. The van der Waals surface area contributed by atoms with E-state index < -0.39 is 0 Å². The molecule has 0 atom stereocenters. The quantitative estimate of drug-likeness (QED) is 0.168. The van der Waals surface area contributed by atoms with Gasteiger partial charge in [0.2, 0.25) is 0 Å². The average Bonchev–Trinajstić information content (AvgIpc) is 3.96. The van der Waals surface area contributed by atoms with Crippen molar-refractivity contribution in [1.82, 2.24) is 24.1 Å². The zero-order valence-corrected chi connectivity index (χ0v) is 35.9. The molecular formula is C60H41N5. The van der Waals surface area contributed by atoms with E-state index >= 15 is 0 Å². The summed E-state index contributed by atoms with van der Waals surface area (Å²) in [5.74, 6) is 1.91. The van der Waals surface area contributed by atoms with Crippen LogP contribution in [0.1, 0.15) is 25.0 Å². The number of nitrogens with zero attached hydrogens (tertiary/aromatic N) is 5. The second-order valence-electron chi connectivity index (χ2n) is 17.7. The second-order valence-corrected chi connectivity index (χ2v) is 17.7. The maximum atomic E-state index is 5.11. The summed E-state index contributed by atoms with van der Waals surface area (Å²) in [6.45, 7) is 4.71. The minimum Gasteiger partial charge on any atom is -0.309 e. The van der Waals surface area contributed by atoms with Crippen LogP contribution in [-0.2, 0) is 5.41 Å². The zero-order valence-electron chi connectivity index (χ0n) is 35.9. The first-order chi connectivity index (χ1) is 32.0. The van der Waals surface area contributed by atoms with Gasteiger partial charge in [0.15, 0.2) is 17.5 Å². The normalized spacial score (nSPS) is 12.9. The number of rotatable bonds is 6. The Balaban J connectivity index is 1.02. The number of aromatic nitrogens is 5. The van der Waals surface area contributed by atoms with Gasteiger partial charge < -0.3 is 9.13 Å². The highest BCUT2D eigenvalue weighted by atomic mass is 15.0. The third-order valence-corrected chi connectivity index (χ3v) is 13.6. The predicted molar refractivity (Wildman–Crippen MR) is 268 cm³/mol. The third-order valence-electron chi connectivity index (χ3n) is 13.6. The van der Waals surface area contributed by atoms with Crippen molar-refractivity contribution in [2.75, 3.05) is 0 Å². The molecule has 5 nitrogen and oxygen atoms in total. The van der Waals surface area contributed by atoms with Gasteiger partial charge in [0.1, 0.15) is 0 Å². The molecular weight excluding hydrogens is 791 g/mol. The Bertz CT molecular complexity index is 3790. The first-order valence-electron chi connectivity index (χ1n) is 22.3. The van der Waals surface area contributed by atoms with Gasteiger partial charge in [0, 0.05) is 55.0 Å². The molecule has 0 N–H and O–H groups in total. The van der Waals surface area contributed by atoms with Gasteiger partial charge in [-0.1, -0.05) is 159 Å². The van der Waals surface area contributed by atoms with Crippen LogP contribution in [0.2, 0.25) is 0 Å². The highest BCUT2D eigenvalue weighted by Gasteiger charge is 2.36. The van der Waals surface area contributed by atoms with E-state index in [0.717, 1.165) is 33.6 Å². The SMILES string of the molecule is CC1(C)c2ccccc2-c2cc3c4cc(-c5ccc6c(c5)c5ccccc5n6-c5ccccc5)ccc4n(-c4cccc(-c5nc(-c6ccccc6)nc(-c6ccccc6)n5)c4)c3cc21. The van der Waals surface area contributed by atoms with E-state index in [0.29, 0.717) is 17.5 Å². The molecule has 13 rings (SSSR count). The third kappa shape index (κ3) is 5.82. The maximum absolute atomic E-state index is 5.11. The van der Waals surface area contributed by atoms with E-state index in [9.17, 15) is 0 Å². The summed E-state index contributed by atoms with van der Waals surface area (Å²) >= 11 is 0. The molecule has 0 fully saturated rings. The smallest absolute Gasteiger partial charge is 0.164 e. The lowest BCUT2D eigenvalue weighted by molar-refractivity contribution is 0.661. The molecule has 3 aromatic heterocycles. The Morgan fingerprint density at radius 1 is 0.308 bits per heavy atom. The highest BCUT2D eigenvalue weighted by Crippen LogP contribution is 2.51. The molecule has 0 saturated heterocycles. The Hall–Kier alpha value is -8.41. The standard InChI is InChI=1S/C60H41N5/c1-60(2)51-27-14-12-25-45(51)47-36-50-49-35-41(40-29-31-54-48(34-40)46-26-13-15-28-53(46)64(54)43-22-10-5-11-23-43)30-32-55(49)65(56(50)37-52(47)60)44-24-16-21-42(33-44)59-62-57(38-17-6-3-7-18-38)61-58(63-59)39-19-8-4-9-20-39/h3-37H,1-2H3. The molecule has 0 bridgehead atoms. The molecule has 0 unspecified atom stereocenters. The van der Waals surface area contributed by atoms with Crippen molar-refractivity contribution < 1.29 is 0 Å². The zero-order chi connectivity index (χ0) is 43.2. The van der Waals surface area contributed by atoms with Gasteiger partial charge in [-0.05, 0) is 100 Å². The van der Waals surface area contributed by atoms with Crippen LogP contribution in [0.25, 0.3) is 111 Å². The van der Waals surface area contributed by atoms with Crippen molar-refractivity contribution in [3.05, 3.63) is 223 Å². The molecule has 9 aromatic carbocycles. The molecule has 0 aliphatic heterocycles. The molecule has 65 heavy (non-hydrogen) atoms. The van der Waals surface area contributed by atoms with Gasteiger partial charge >= 0.3 is 0 Å². The summed E-state index contributed by atoms with van der Waals surface area (Å²) in [4.78, 5) is 15.2. The van der Waals surface area contributed by atoms with Crippen molar-refractivity contribution in [3.63, 3.8) is 0 Å². The Labute approximate surface area is 376 Å². The summed E-state index contributed by atoms with van der Waals surface area (Å²) < 4.78 is 4.81. The molecule has 0 spiro atoms. The Morgan fingerprint density at radius 3 is 1.48 bits per heavy atom. The fourth-order valence-electron chi connectivity index (χ4n) is 10.4.